The molecule has 3 atom stereocenters. The minimum Gasteiger partial charge on any atom is -0.496 e. The molecule has 0 saturated carbocycles. The van der Waals surface area contributed by atoms with Crippen LogP contribution in [0.2, 0.25) is 0 Å². The number of β-amino-alcohol motifs (C(OH)–C–C–N with tert-alkyl or cyclic N) is 1. The molecule has 0 aliphatic carbocycles. The van der Waals surface area contributed by atoms with Gasteiger partial charge in [-0.3, -0.25) is 15.2 Å². The van der Waals surface area contributed by atoms with E-state index < -0.39 is 18.1 Å². The van der Waals surface area contributed by atoms with Gasteiger partial charge in [-0.25, -0.2) is 4.84 Å². The highest BCUT2D eigenvalue weighted by Gasteiger charge is 2.40. The van der Waals surface area contributed by atoms with Crippen molar-refractivity contribution in [1.29, 1.82) is 0 Å². The Morgan fingerprint density at radius 2 is 1.56 bits per heavy atom. The van der Waals surface area contributed by atoms with Crippen molar-refractivity contribution < 1.29 is 48.8 Å². The quantitative estimate of drug-likeness (QED) is 0.0708. The Morgan fingerprint density at radius 3 is 2.35 bits per heavy atom. The molecule has 1 aliphatic heterocycles. The zero-order valence-electron chi connectivity index (χ0n) is 30.4. The van der Waals surface area contributed by atoms with Gasteiger partial charge in [0.15, 0.2) is 0 Å². The van der Waals surface area contributed by atoms with Gasteiger partial charge < -0.3 is 33.7 Å². The van der Waals surface area contributed by atoms with Crippen molar-refractivity contribution in [2.75, 3.05) is 40.5 Å². The maximum Gasteiger partial charge on any atom is 0.254 e. The first-order chi connectivity index (χ1) is 26.3. The standard InChI is InChI=1S/C42H46N2O10/c1-49-38-14-6-4-11-34(38)28-51-19-8-20-52-35-17-15-31(16-18-35)41-37(45)24-43(42(46)33-12-7-9-29(21-33)27-54-44(47)48)25-40(41)53-26-30-22-32-10-3-5-13-36(32)39(23-30)50-2/h3-7,9-18,21-23,37,40-41,45,47-48H,8,19-20,24-28H2,1-2H3. The summed E-state index contributed by atoms with van der Waals surface area (Å²) in [7, 11) is 3.28. The SMILES string of the molecule is COc1ccccc1COCCCOc1ccc(C2C(O)CN(C(=O)c3cccc(CON(O)O)c3)CC2OCc2cc(OC)c3ccccc3c2)cc1. The predicted octanol–water partition coefficient (Wildman–Crippen LogP) is 6.54. The molecule has 1 aliphatic rings. The van der Waals surface area contributed by atoms with Crippen LogP contribution < -0.4 is 14.2 Å². The normalized spacial score (nSPS) is 17.1. The highest BCUT2D eigenvalue weighted by atomic mass is 17.1. The van der Waals surface area contributed by atoms with Crippen LogP contribution in [0.15, 0.2) is 109 Å². The van der Waals surface area contributed by atoms with Crippen molar-refractivity contribution in [2.24, 2.45) is 0 Å². The smallest absolute Gasteiger partial charge is 0.254 e. The third kappa shape index (κ3) is 9.92. The largest absolute Gasteiger partial charge is 0.496 e. The van der Waals surface area contributed by atoms with Gasteiger partial charge in [0.05, 0.1) is 64.9 Å². The molecule has 12 nitrogen and oxygen atoms in total. The summed E-state index contributed by atoms with van der Waals surface area (Å²) in [6.07, 6.45) is -0.796. The lowest BCUT2D eigenvalue weighted by molar-refractivity contribution is -0.497. The van der Waals surface area contributed by atoms with E-state index in [0.29, 0.717) is 43.1 Å². The number of methoxy groups -OCH3 is 2. The molecule has 5 aromatic carbocycles. The van der Waals surface area contributed by atoms with Crippen LogP contribution in [0, 0.1) is 0 Å². The van der Waals surface area contributed by atoms with Crippen molar-refractivity contribution >= 4 is 16.7 Å². The fourth-order valence-electron chi connectivity index (χ4n) is 6.79. The summed E-state index contributed by atoms with van der Waals surface area (Å²) in [5, 5.41) is 31.2. The molecule has 0 bridgehead atoms. The number of hydrogen-bond donors (Lipinski definition) is 3. The van der Waals surface area contributed by atoms with Gasteiger partial charge in [0.2, 0.25) is 0 Å². The number of nitrogens with zero attached hydrogens (tertiary/aromatic N) is 2. The second kappa shape index (κ2) is 18.8. The average molecular weight is 739 g/mol. The zero-order valence-corrected chi connectivity index (χ0v) is 30.4. The van der Waals surface area contributed by atoms with E-state index in [1.807, 2.05) is 78.9 Å². The second-order valence-electron chi connectivity index (χ2n) is 13.0. The number of aliphatic hydroxyl groups excluding tert-OH is 1. The van der Waals surface area contributed by atoms with Gasteiger partial charge in [-0.15, -0.1) is 0 Å². The van der Waals surface area contributed by atoms with Crippen molar-refractivity contribution in [3.8, 4) is 17.2 Å². The summed E-state index contributed by atoms with van der Waals surface area (Å²) < 4.78 is 29.5. The minimum atomic E-state index is -0.935. The van der Waals surface area contributed by atoms with Gasteiger partial charge in [0.25, 0.3) is 5.91 Å². The van der Waals surface area contributed by atoms with Gasteiger partial charge in [-0.05, 0) is 64.5 Å². The van der Waals surface area contributed by atoms with Crippen molar-refractivity contribution in [2.45, 2.75) is 44.4 Å². The Balaban J connectivity index is 1.13. The number of fused-ring (bicyclic) bond motifs is 1. The van der Waals surface area contributed by atoms with E-state index in [4.69, 9.17) is 38.9 Å². The Kier molecular flexibility index (Phi) is 13.5. The molecule has 1 amide bonds. The highest BCUT2D eigenvalue weighted by molar-refractivity contribution is 5.94. The Labute approximate surface area is 314 Å². The molecule has 6 rings (SSSR count). The summed E-state index contributed by atoms with van der Waals surface area (Å²) in [6, 6.07) is 34.0. The zero-order chi connectivity index (χ0) is 37.9. The lowest BCUT2D eigenvalue weighted by Crippen LogP contribution is -2.53. The lowest BCUT2D eigenvalue weighted by Gasteiger charge is -2.42. The molecule has 3 N–H and O–H groups in total. The van der Waals surface area contributed by atoms with Gasteiger partial charge in [-0.1, -0.05) is 66.7 Å². The summed E-state index contributed by atoms with van der Waals surface area (Å²) >= 11 is 0. The van der Waals surface area contributed by atoms with Gasteiger partial charge >= 0.3 is 0 Å². The molecule has 1 fully saturated rings. The number of rotatable bonds is 17. The van der Waals surface area contributed by atoms with Crippen LogP contribution in [0.3, 0.4) is 0 Å². The fraction of sp³-hybridized carbons (Fsp3) is 0.310. The van der Waals surface area contributed by atoms with Gasteiger partial charge in [0.1, 0.15) is 17.2 Å². The van der Waals surface area contributed by atoms with Gasteiger partial charge in [0, 0.05) is 41.9 Å². The number of amides is 1. The van der Waals surface area contributed by atoms with E-state index in [0.717, 1.165) is 39.0 Å². The van der Waals surface area contributed by atoms with Crippen LogP contribution in [0.1, 0.15) is 45.0 Å². The third-order valence-corrected chi connectivity index (χ3v) is 9.42. The van der Waals surface area contributed by atoms with Crippen LogP contribution in [-0.4, -0.2) is 84.4 Å². The third-order valence-electron chi connectivity index (χ3n) is 9.42. The molecule has 1 saturated heterocycles. The predicted molar refractivity (Wildman–Crippen MR) is 200 cm³/mol. The molecule has 1 heterocycles. The number of para-hydroxylation sites is 1. The Morgan fingerprint density at radius 1 is 0.778 bits per heavy atom. The van der Waals surface area contributed by atoms with E-state index in [2.05, 4.69) is 6.07 Å². The molecule has 0 radical (unpaired) electrons. The van der Waals surface area contributed by atoms with Crippen molar-refractivity contribution in [3.63, 3.8) is 0 Å². The maximum absolute atomic E-state index is 13.8. The van der Waals surface area contributed by atoms with Crippen LogP contribution in [0.5, 0.6) is 17.2 Å². The lowest BCUT2D eigenvalue weighted by atomic mass is 9.84. The number of benzene rings is 5. The first kappa shape index (κ1) is 38.7. The Hall–Kier alpha value is -5.05. The molecular weight excluding hydrogens is 692 g/mol. The number of aliphatic hydroxyl groups is 1. The van der Waals surface area contributed by atoms with E-state index in [1.54, 1.807) is 43.4 Å². The molecule has 12 heteroatoms. The average Bonchev–Trinajstić information content (AvgIpc) is 3.20. The fourth-order valence-corrected chi connectivity index (χ4v) is 6.79. The van der Waals surface area contributed by atoms with Crippen LogP contribution >= 0.6 is 0 Å². The molecule has 0 aromatic heterocycles. The van der Waals surface area contributed by atoms with E-state index in [-0.39, 0.29) is 37.6 Å². The number of ether oxygens (including phenoxy) is 5. The summed E-state index contributed by atoms with van der Waals surface area (Å²) in [5.41, 5.74) is 3.68. The van der Waals surface area contributed by atoms with Crippen LogP contribution in [-0.2, 0) is 34.1 Å². The molecule has 0 spiro atoms. The summed E-state index contributed by atoms with van der Waals surface area (Å²) in [5.74, 6) is 1.50. The van der Waals surface area contributed by atoms with Crippen molar-refractivity contribution in [3.05, 3.63) is 137 Å². The second-order valence-corrected chi connectivity index (χ2v) is 13.0. The van der Waals surface area contributed by atoms with E-state index in [9.17, 15) is 9.90 Å². The first-order valence-corrected chi connectivity index (χ1v) is 17.8. The molecular formula is C42H46N2O10. The number of likely N-dealkylation sites (tertiary alicyclic amines) is 1. The maximum atomic E-state index is 13.8. The summed E-state index contributed by atoms with van der Waals surface area (Å²) in [6.45, 7) is 1.84. The van der Waals surface area contributed by atoms with Gasteiger partial charge in [-0.2, -0.15) is 0 Å². The first-order valence-electron chi connectivity index (χ1n) is 17.8. The molecule has 54 heavy (non-hydrogen) atoms. The van der Waals surface area contributed by atoms with Crippen LogP contribution in [0.4, 0.5) is 0 Å². The van der Waals surface area contributed by atoms with E-state index in [1.165, 1.54) is 0 Å². The Bertz CT molecular complexity index is 1970. The van der Waals surface area contributed by atoms with E-state index >= 15 is 0 Å². The number of carbonyl (C=O) groups is 1. The number of carbonyl (C=O) groups excluding carboxylic acids is 1. The molecule has 3 unspecified atom stereocenters. The summed E-state index contributed by atoms with van der Waals surface area (Å²) in [4.78, 5) is 20.1. The topological polar surface area (TPSA) is 140 Å². The highest BCUT2D eigenvalue weighted by Crippen LogP contribution is 2.34. The molecule has 284 valence electrons. The number of hydrogen-bond acceptors (Lipinski definition) is 11. The van der Waals surface area contributed by atoms with Crippen molar-refractivity contribution in [1.82, 2.24) is 10.3 Å². The minimum absolute atomic E-state index is 0.0854. The molecule has 5 aromatic rings. The monoisotopic (exact) mass is 738 g/mol. The van der Waals surface area contributed by atoms with Crippen LogP contribution in [0.25, 0.3) is 10.8 Å². The number of piperidine rings is 1.